The Labute approximate surface area is 197 Å². The van der Waals surface area contributed by atoms with Crippen molar-refractivity contribution in [3.63, 3.8) is 0 Å². The topological polar surface area (TPSA) is 84.5 Å². The predicted octanol–water partition coefficient (Wildman–Crippen LogP) is 5.94. The Hall–Kier alpha value is -2.82. The third kappa shape index (κ3) is 4.67. The van der Waals surface area contributed by atoms with Crippen LogP contribution in [0.2, 0.25) is 0 Å². The summed E-state index contributed by atoms with van der Waals surface area (Å²) in [4.78, 5) is 28.7. The summed E-state index contributed by atoms with van der Waals surface area (Å²) in [6.07, 6.45) is 6.42. The van der Waals surface area contributed by atoms with Gasteiger partial charge < -0.3 is 4.90 Å². The minimum Gasteiger partial charge on any atom is -0.313 e. The van der Waals surface area contributed by atoms with Crippen LogP contribution in [0.3, 0.4) is 0 Å². The van der Waals surface area contributed by atoms with Gasteiger partial charge in [-0.3, -0.25) is 15.1 Å². The molecule has 2 aliphatic heterocycles. The van der Waals surface area contributed by atoms with Crippen LogP contribution in [0, 0.1) is 10.1 Å². The van der Waals surface area contributed by atoms with Gasteiger partial charge in [0, 0.05) is 46.9 Å². The summed E-state index contributed by atoms with van der Waals surface area (Å²) < 4.78 is 1.07. The highest BCUT2D eigenvalue weighted by atomic mass is 32.2. The van der Waals surface area contributed by atoms with Crippen LogP contribution in [0.1, 0.15) is 18.3 Å². The van der Waals surface area contributed by atoms with Crippen LogP contribution in [0.15, 0.2) is 98.3 Å². The first kappa shape index (κ1) is 21.0. The van der Waals surface area contributed by atoms with Crippen LogP contribution in [0.25, 0.3) is 0 Å². The molecule has 2 unspecified atom stereocenters. The van der Waals surface area contributed by atoms with Crippen molar-refractivity contribution < 1.29 is 4.92 Å². The predicted molar refractivity (Wildman–Crippen MR) is 129 cm³/mol. The van der Waals surface area contributed by atoms with Crippen molar-refractivity contribution in [1.82, 2.24) is 14.9 Å². The molecule has 1 aromatic heterocycles. The molecule has 0 fully saturated rings. The molecule has 0 radical (unpaired) electrons. The maximum absolute atomic E-state index is 10.9. The molecule has 2 aliphatic rings. The zero-order valence-corrected chi connectivity index (χ0v) is 19.1. The lowest BCUT2D eigenvalue weighted by atomic mass is 10.1. The minimum atomic E-state index is -0.385. The van der Waals surface area contributed by atoms with Gasteiger partial charge in [0.05, 0.1) is 14.5 Å². The van der Waals surface area contributed by atoms with Crippen LogP contribution in [0.5, 0.6) is 0 Å². The third-order valence-electron chi connectivity index (χ3n) is 4.82. The van der Waals surface area contributed by atoms with E-state index in [9.17, 15) is 10.1 Å². The van der Waals surface area contributed by atoms with Crippen molar-refractivity contribution >= 4 is 46.1 Å². The van der Waals surface area contributed by atoms with Gasteiger partial charge in [0.25, 0.3) is 5.69 Å². The number of nitro groups is 1. The fourth-order valence-electron chi connectivity index (χ4n) is 3.33. The van der Waals surface area contributed by atoms with Crippen molar-refractivity contribution in [3.8, 4) is 0 Å². The zero-order chi connectivity index (χ0) is 21.9. The SMILES string of the molecule is O=[N+]([O-])c1ccc(SC2=CN3C(=NC(c4ncccn4)CC3Sc3ccccc3)S2)cc1. The van der Waals surface area contributed by atoms with Crippen LogP contribution in [0.4, 0.5) is 5.69 Å². The Kier molecular flexibility index (Phi) is 6.15. The lowest BCUT2D eigenvalue weighted by Gasteiger charge is -2.33. The van der Waals surface area contributed by atoms with E-state index in [1.54, 1.807) is 59.8 Å². The maximum atomic E-state index is 10.9. The second kappa shape index (κ2) is 9.35. The molecule has 0 bridgehead atoms. The van der Waals surface area contributed by atoms with Crippen molar-refractivity contribution in [1.29, 1.82) is 0 Å². The van der Waals surface area contributed by atoms with Gasteiger partial charge in [-0.25, -0.2) is 9.97 Å². The first-order valence-electron chi connectivity index (χ1n) is 9.82. The van der Waals surface area contributed by atoms with Gasteiger partial charge in [0.1, 0.15) is 6.04 Å². The molecule has 10 heteroatoms. The zero-order valence-electron chi connectivity index (χ0n) is 16.6. The van der Waals surface area contributed by atoms with E-state index in [0.29, 0.717) is 0 Å². The molecule has 0 N–H and O–H groups in total. The van der Waals surface area contributed by atoms with E-state index in [1.165, 1.54) is 17.0 Å². The van der Waals surface area contributed by atoms with Crippen LogP contribution in [-0.2, 0) is 0 Å². The van der Waals surface area contributed by atoms with Crippen molar-refractivity contribution in [3.05, 3.63) is 99.4 Å². The number of thioether (sulfide) groups is 3. The van der Waals surface area contributed by atoms with Crippen LogP contribution < -0.4 is 0 Å². The quantitative estimate of drug-likeness (QED) is 0.317. The van der Waals surface area contributed by atoms with E-state index in [-0.39, 0.29) is 22.0 Å². The minimum absolute atomic E-state index is 0.0919. The first-order valence-corrected chi connectivity index (χ1v) is 12.3. The first-order chi connectivity index (χ1) is 15.7. The van der Waals surface area contributed by atoms with E-state index < -0.39 is 0 Å². The Bertz CT molecular complexity index is 1170. The Balaban J connectivity index is 1.40. The van der Waals surface area contributed by atoms with Gasteiger partial charge in [-0.2, -0.15) is 0 Å². The highest BCUT2D eigenvalue weighted by Crippen LogP contribution is 2.48. The maximum Gasteiger partial charge on any atom is 0.269 e. The van der Waals surface area contributed by atoms with Gasteiger partial charge >= 0.3 is 0 Å². The molecule has 160 valence electrons. The lowest BCUT2D eigenvalue weighted by molar-refractivity contribution is -0.384. The molecule has 0 saturated carbocycles. The number of benzene rings is 2. The van der Waals surface area contributed by atoms with E-state index >= 15 is 0 Å². The summed E-state index contributed by atoms with van der Waals surface area (Å²) in [5, 5.41) is 12.0. The summed E-state index contributed by atoms with van der Waals surface area (Å²) in [5.74, 6) is 0.732. The Morgan fingerprint density at radius 3 is 2.47 bits per heavy atom. The number of nitrogens with zero attached hydrogens (tertiary/aromatic N) is 5. The van der Waals surface area contributed by atoms with E-state index in [2.05, 4.69) is 33.2 Å². The normalized spacial score (nSPS) is 19.8. The fourth-order valence-corrected chi connectivity index (χ4v) is 6.74. The molecule has 5 rings (SSSR count). The average Bonchev–Trinajstić information content (AvgIpc) is 3.23. The number of nitro benzene ring substituents is 1. The number of rotatable bonds is 6. The summed E-state index contributed by atoms with van der Waals surface area (Å²) >= 11 is 4.99. The standard InChI is InChI=1S/C22H17N5O2S3/c28-27(29)15-7-9-17(10-8-15)31-20-14-26-19(30-16-5-2-1-3-6-16)13-18(25-22(26)32-20)21-23-11-4-12-24-21/h1-12,14,18-19H,13H2. The van der Waals surface area contributed by atoms with Crippen LogP contribution >= 0.6 is 35.3 Å². The van der Waals surface area contributed by atoms with Crippen molar-refractivity contribution in [2.45, 2.75) is 27.6 Å². The number of amidine groups is 1. The Morgan fingerprint density at radius 1 is 1.00 bits per heavy atom. The monoisotopic (exact) mass is 479 g/mol. The summed E-state index contributed by atoms with van der Waals surface area (Å²) in [6.45, 7) is 0. The number of fused-ring (bicyclic) bond motifs is 1. The highest BCUT2D eigenvalue weighted by Gasteiger charge is 2.36. The molecule has 0 amide bonds. The van der Waals surface area contributed by atoms with Crippen LogP contribution in [-0.4, -0.2) is 30.3 Å². The molecule has 2 aromatic carbocycles. The third-order valence-corrected chi connectivity index (χ3v) is 8.18. The molecule has 2 atom stereocenters. The van der Waals surface area contributed by atoms with Gasteiger partial charge in [0.2, 0.25) is 0 Å². The molecular weight excluding hydrogens is 462 g/mol. The van der Waals surface area contributed by atoms with Gasteiger partial charge in [-0.05, 0) is 42.1 Å². The average molecular weight is 480 g/mol. The fraction of sp³-hybridized carbons (Fsp3) is 0.136. The molecule has 32 heavy (non-hydrogen) atoms. The number of aromatic nitrogens is 2. The second-order valence-electron chi connectivity index (χ2n) is 6.97. The summed E-state index contributed by atoms with van der Waals surface area (Å²) in [7, 11) is 0. The summed E-state index contributed by atoms with van der Waals surface area (Å²) in [6, 6.07) is 18.7. The molecule has 3 heterocycles. The van der Waals surface area contributed by atoms with E-state index in [1.807, 2.05) is 24.3 Å². The molecule has 7 nitrogen and oxygen atoms in total. The molecule has 3 aromatic rings. The second-order valence-corrected chi connectivity index (χ2v) is 10.6. The molecule has 0 aliphatic carbocycles. The van der Waals surface area contributed by atoms with Gasteiger partial charge in [0.15, 0.2) is 11.0 Å². The lowest BCUT2D eigenvalue weighted by Crippen LogP contribution is -2.35. The van der Waals surface area contributed by atoms with Gasteiger partial charge in [-0.1, -0.05) is 30.0 Å². The van der Waals surface area contributed by atoms with E-state index in [0.717, 1.165) is 26.5 Å². The van der Waals surface area contributed by atoms with E-state index in [4.69, 9.17) is 4.99 Å². The summed E-state index contributed by atoms with van der Waals surface area (Å²) in [5.41, 5.74) is 0.0919. The number of aliphatic imine (C=N–C) groups is 1. The smallest absolute Gasteiger partial charge is 0.269 e. The van der Waals surface area contributed by atoms with Crippen molar-refractivity contribution in [2.75, 3.05) is 0 Å². The largest absolute Gasteiger partial charge is 0.313 e. The highest BCUT2D eigenvalue weighted by molar-refractivity contribution is 8.30. The molecule has 0 saturated heterocycles. The Morgan fingerprint density at radius 2 is 1.75 bits per heavy atom. The molecule has 0 spiro atoms. The van der Waals surface area contributed by atoms with Gasteiger partial charge in [-0.15, -0.1) is 11.8 Å². The molecular formula is C22H17N5O2S3. The van der Waals surface area contributed by atoms with Crippen molar-refractivity contribution in [2.24, 2.45) is 4.99 Å². The number of hydrogen-bond donors (Lipinski definition) is 0. The number of hydrogen-bond acceptors (Lipinski definition) is 9. The number of non-ortho nitro benzene ring substituents is 1.